The van der Waals surface area contributed by atoms with E-state index in [-0.39, 0.29) is 29.6 Å². The second-order valence-electron chi connectivity index (χ2n) is 2.19. The first-order valence-electron chi connectivity index (χ1n) is 3.21. The first-order chi connectivity index (χ1) is 5.97. The van der Waals surface area contributed by atoms with Crippen LogP contribution in [0.2, 0.25) is 5.02 Å². The van der Waals surface area contributed by atoms with Gasteiger partial charge in [0.05, 0.1) is 5.69 Å². The summed E-state index contributed by atoms with van der Waals surface area (Å²) in [5, 5.41) is 0.440. The van der Waals surface area contributed by atoms with Crippen molar-refractivity contribution in [1.29, 1.82) is 0 Å². The van der Waals surface area contributed by atoms with Crippen LogP contribution in [0.4, 0.5) is 5.69 Å². The molecule has 0 aliphatic carbocycles. The van der Waals surface area contributed by atoms with E-state index in [0.717, 1.165) is 0 Å². The molecule has 0 amide bonds. The van der Waals surface area contributed by atoms with Gasteiger partial charge in [-0.25, -0.2) is 8.42 Å². The van der Waals surface area contributed by atoms with E-state index in [2.05, 4.69) is 5.43 Å². The fourth-order valence-corrected chi connectivity index (χ4v) is 1.12. The molecule has 0 bridgehead atoms. The van der Waals surface area contributed by atoms with E-state index in [4.69, 9.17) is 11.6 Å². The first-order valence-corrected chi connectivity index (χ1v) is 5.00. The maximum absolute atomic E-state index is 10.1. The zero-order chi connectivity index (χ0) is 9.90. The van der Waals surface area contributed by atoms with Crippen LogP contribution >= 0.6 is 11.6 Å². The van der Waals surface area contributed by atoms with Crippen molar-refractivity contribution in [3.8, 4) is 0 Å². The van der Waals surface area contributed by atoms with Gasteiger partial charge < -0.3 is 9.98 Å². The fourth-order valence-electron chi connectivity index (χ4n) is 0.688. The fraction of sp³-hybridized carbons (Fsp3) is 0. The first kappa shape index (κ1) is 14.2. The van der Waals surface area contributed by atoms with Gasteiger partial charge in [-0.2, -0.15) is 0 Å². The van der Waals surface area contributed by atoms with Gasteiger partial charge in [0.1, 0.15) is 0 Å². The van der Waals surface area contributed by atoms with E-state index < -0.39 is 10.3 Å². The summed E-state index contributed by atoms with van der Waals surface area (Å²) in [5.41, 5.74) is 2.59. The van der Waals surface area contributed by atoms with E-state index in [1.54, 1.807) is 23.0 Å². The summed E-state index contributed by atoms with van der Waals surface area (Å²) in [4.78, 5) is 1.57. The normalized spacial score (nSPS) is 10.4. The molecule has 0 aromatic heterocycles. The Labute approximate surface area is 109 Å². The smallest absolute Gasteiger partial charge is 0.734 e. The Morgan fingerprint density at radius 2 is 2.00 bits per heavy atom. The molecule has 0 atom stereocenters. The minimum absolute atomic E-state index is 0. The zero-order valence-electron chi connectivity index (χ0n) is 7.32. The Morgan fingerprint density at radius 1 is 1.36 bits per heavy atom. The Bertz CT molecular complexity index is 398. The van der Waals surface area contributed by atoms with Crippen molar-refractivity contribution >= 4 is 27.6 Å². The molecule has 14 heavy (non-hydrogen) atoms. The van der Waals surface area contributed by atoms with Gasteiger partial charge in [-0.1, -0.05) is 17.7 Å². The minimum Gasteiger partial charge on any atom is -0.734 e. The van der Waals surface area contributed by atoms with Crippen LogP contribution in [0.1, 0.15) is 0 Å². The molecule has 0 heterocycles. The van der Waals surface area contributed by atoms with E-state index >= 15 is 0 Å². The van der Waals surface area contributed by atoms with Crippen molar-refractivity contribution in [2.75, 3.05) is 5.43 Å². The van der Waals surface area contributed by atoms with Crippen LogP contribution in [-0.4, -0.2) is 13.0 Å². The molecule has 0 aliphatic heterocycles. The van der Waals surface area contributed by atoms with Crippen molar-refractivity contribution in [2.24, 2.45) is 0 Å². The van der Waals surface area contributed by atoms with Gasteiger partial charge in [0.15, 0.2) is 10.3 Å². The average molecular weight is 245 g/mol. The van der Waals surface area contributed by atoms with Gasteiger partial charge in [0, 0.05) is 5.02 Å². The SMILES string of the molecule is O=S(=O)([O-])NNc1cccc(Cl)c1.[Na+]. The molecule has 8 heteroatoms. The maximum atomic E-state index is 10.1. The summed E-state index contributed by atoms with van der Waals surface area (Å²) in [7, 11) is -4.49. The molecule has 1 aromatic carbocycles. The van der Waals surface area contributed by atoms with Crippen molar-refractivity contribution in [1.82, 2.24) is 4.83 Å². The van der Waals surface area contributed by atoms with Gasteiger partial charge in [-0.15, -0.1) is 4.83 Å². The third-order valence-electron chi connectivity index (χ3n) is 1.14. The number of hydrogen-bond donors (Lipinski definition) is 2. The molecule has 2 N–H and O–H groups in total. The second-order valence-corrected chi connectivity index (χ2v) is 3.74. The maximum Gasteiger partial charge on any atom is 1.00 e. The van der Waals surface area contributed by atoms with E-state index in [9.17, 15) is 13.0 Å². The largest absolute Gasteiger partial charge is 1.00 e. The number of rotatable bonds is 3. The van der Waals surface area contributed by atoms with Gasteiger partial charge in [-0.3, -0.25) is 0 Å². The molecule has 0 radical (unpaired) electrons. The summed E-state index contributed by atoms with van der Waals surface area (Å²) in [6.45, 7) is 0. The third-order valence-corrected chi connectivity index (χ3v) is 1.73. The molecule has 0 spiro atoms. The minimum atomic E-state index is -4.49. The Balaban J connectivity index is 0.00000169. The number of hydrogen-bond acceptors (Lipinski definition) is 4. The number of halogens is 1. The number of hydrazine groups is 1. The Kier molecular flexibility index (Phi) is 5.99. The van der Waals surface area contributed by atoms with E-state index in [1.165, 1.54) is 6.07 Å². The molecule has 0 unspecified atom stereocenters. The predicted molar refractivity (Wildman–Crippen MR) is 47.9 cm³/mol. The molecule has 0 saturated heterocycles. The Morgan fingerprint density at radius 3 is 2.50 bits per heavy atom. The number of anilines is 1. The topological polar surface area (TPSA) is 81.3 Å². The molecule has 1 aromatic rings. The van der Waals surface area contributed by atoms with Crippen molar-refractivity contribution in [3.63, 3.8) is 0 Å². The monoisotopic (exact) mass is 244 g/mol. The summed E-state index contributed by atoms with van der Waals surface area (Å²) in [5.74, 6) is 0. The van der Waals surface area contributed by atoms with Gasteiger partial charge >= 0.3 is 29.6 Å². The van der Waals surface area contributed by atoms with Crippen LogP contribution < -0.4 is 39.8 Å². The van der Waals surface area contributed by atoms with Crippen molar-refractivity contribution < 1.29 is 42.5 Å². The van der Waals surface area contributed by atoms with Crippen LogP contribution in [-0.2, 0) is 10.3 Å². The number of benzene rings is 1. The van der Waals surface area contributed by atoms with Crippen LogP contribution in [0.3, 0.4) is 0 Å². The second kappa shape index (κ2) is 5.92. The molecule has 1 rings (SSSR count). The van der Waals surface area contributed by atoms with Gasteiger partial charge in [0.2, 0.25) is 0 Å². The molecule has 0 fully saturated rings. The standard InChI is InChI=1S/C6H7ClN2O3S.Na/c7-5-2-1-3-6(4-5)8-9-13(10,11)12;/h1-4,8-9H,(H,10,11,12);/q;+1/p-1. The summed E-state index contributed by atoms with van der Waals surface area (Å²) in [6, 6.07) is 6.27. The molecular formula is C6H6ClN2NaO3S. The average Bonchev–Trinajstić information content (AvgIpc) is 2.00. The molecule has 72 valence electrons. The molecule has 0 aliphatic rings. The van der Waals surface area contributed by atoms with Gasteiger partial charge in [-0.05, 0) is 18.2 Å². The van der Waals surface area contributed by atoms with Crippen molar-refractivity contribution in [3.05, 3.63) is 29.3 Å². The van der Waals surface area contributed by atoms with Crippen LogP contribution in [0.25, 0.3) is 0 Å². The summed E-state index contributed by atoms with van der Waals surface area (Å²) < 4.78 is 30.4. The van der Waals surface area contributed by atoms with Crippen molar-refractivity contribution in [2.45, 2.75) is 0 Å². The van der Waals surface area contributed by atoms with Crippen LogP contribution in [0.5, 0.6) is 0 Å². The zero-order valence-corrected chi connectivity index (χ0v) is 10.9. The van der Waals surface area contributed by atoms with Gasteiger partial charge in [0.25, 0.3) is 0 Å². The number of nitrogens with one attached hydrogen (secondary N) is 2. The summed E-state index contributed by atoms with van der Waals surface area (Å²) in [6.07, 6.45) is 0. The Hall–Kier alpha value is 0.180. The third kappa shape index (κ3) is 5.82. The predicted octanol–water partition coefficient (Wildman–Crippen LogP) is -2.28. The van der Waals surface area contributed by atoms with Crippen LogP contribution in [0.15, 0.2) is 24.3 Å². The summed E-state index contributed by atoms with van der Waals surface area (Å²) >= 11 is 5.60. The molecule has 0 saturated carbocycles. The molecule has 5 nitrogen and oxygen atoms in total. The van der Waals surface area contributed by atoms with Crippen LogP contribution in [0, 0.1) is 0 Å². The van der Waals surface area contributed by atoms with E-state index in [1.807, 2.05) is 0 Å². The quantitative estimate of drug-likeness (QED) is 0.357. The molecular weight excluding hydrogens is 239 g/mol. The van der Waals surface area contributed by atoms with E-state index in [0.29, 0.717) is 10.7 Å².